The second-order valence-electron chi connectivity index (χ2n) is 5.68. The lowest BCUT2D eigenvalue weighted by Crippen LogP contribution is -2.60. The Balaban J connectivity index is 1.95. The van der Waals surface area contributed by atoms with Gasteiger partial charge in [0.15, 0.2) is 0 Å². The number of likely N-dealkylation sites (N-methyl/N-ethyl adjacent to an activating group) is 1. The van der Waals surface area contributed by atoms with E-state index in [-0.39, 0.29) is 5.54 Å². The van der Waals surface area contributed by atoms with Crippen LogP contribution in [0.25, 0.3) is 0 Å². The number of hydrogen-bond acceptors (Lipinski definition) is 4. The number of rotatable bonds is 5. The third kappa shape index (κ3) is 2.54. The van der Waals surface area contributed by atoms with Crippen LogP contribution in [0.2, 0.25) is 0 Å². The van der Waals surface area contributed by atoms with Gasteiger partial charge in [-0.3, -0.25) is 4.90 Å². The van der Waals surface area contributed by atoms with Crippen LogP contribution in [0.5, 0.6) is 0 Å². The summed E-state index contributed by atoms with van der Waals surface area (Å²) in [6.07, 6.45) is 2.48. The molecule has 1 aliphatic carbocycles. The molecule has 96 valence electrons. The van der Waals surface area contributed by atoms with E-state index >= 15 is 0 Å². The summed E-state index contributed by atoms with van der Waals surface area (Å²) in [7, 11) is 2.18. The highest BCUT2D eigenvalue weighted by Crippen LogP contribution is 2.45. The molecule has 0 bridgehead atoms. The quantitative estimate of drug-likeness (QED) is 0.876. The van der Waals surface area contributed by atoms with Crippen molar-refractivity contribution in [3.05, 3.63) is 16.6 Å². The maximum atomic E-state index is 6.00. The predicted octanol–water partition coefficient (Wildman–Crippen LogP) is 2.34. The first kappa shape index (κ1) is 13.0. The Kier molecular flexibility index (Phi) is 3.85. The van der Waals surface area contributed by atoms with Crippen molar-refractivity contribution in [3.63, 3.8) is 0 Å². The summed E-state index contributed by atoms with van der Waals surface area (Å²) in [6.45, 7) is 6.31. The first-order valence-electron chi connectivity index (χ1n) is 6.36. The van der Waals surface area contributed by atoms with Crippen LogP contribution in [0.3, 0.4) is 0 Å². The minimum atomic E-state index is 0.221. The Morgan fingerprint density at radius 3 is 2.76 bits per heavy atom. The van der Waals surface area contributed by atoms with Gasteiger partial charge < -0.3 is 5.73 Å². The molecule has 4 heteroatoms. The minimum Gasteiger partial charge on any atom is -0.329 e. The largest absolute Gasteiger partial charge is 0.329 e. The molecule has 0 radical (unpaired) electrons. The van der Waals surface area contributed by atoms with Gasteiger partial charge in [-0.15, -0.1) is 11.3 Å². The third-order valence-corrected chi connectivity index (χ3v) is 4.93. The lowest BCUT2D eigenvalue weighted by molar-refractivity contribution is -0.0249. The topological polar surface area (TPSA) is 42.1 Å². The minimum absolute atomic E-state index is 0.221. The van der Waals surface area contributed by atoms with Crippen LogP contribution in [-0.2, 0) is 6.54 Å². The van der Waals surface area contributed by atoms with E-state index in [1.807, 2.05) is 5.51 Å². The van der Waals surface area contributed by atoms with Crippen molar-refractivity contribution in [2.45, 2.75) is 38.8 Å². The second kappa shape index (κ2) is 5.04. The Morgan fingerprint density at radius 1 is 1.59 bits per heavy atom. The van der Waals surface area contributed by atoms with Gasteiger partial charge >= 0.3 is 0 Å². The SMILES string of the molecule is CC(C)C1CC(CN)(N(C)Cc2cscn2)C1. The van der Waals surface area contributed by atoms with Gasteiger partial charge in [0.1, 0.15) is 0 Å². The van der Waals surface area contributed by atoms with Gasteiger partial charge in [-0.1, -0.05) is 13.8 Å². The molecule has 0 amide bonds. The summed E-state index contributed by atoms with van der Waals surface area (Å²) in [5, 5.41) is 2.12. The molecular formula is C13H23N3S. The van der Waals surface area contributed by atoms with Crippen LogP contribution < -0.4 is 5.73 Å². The fraction of sp³-hybridized carbons (Fsp3) is 0.769. The van der Waals surface area contributed by atoms with Crippen LogP contribution in [-0.4, -0.2) is 29.0 Å². The van der Waals surface area contributed by atoms with E-state index in [2.05, 4.69) is 36.2 Å². The van der Waals surface area contributed by atoms with E-state index in [0.717, 1.165) is 24.9 Å². The van der Waals surface area contributed by atoms with Gasteiger partial charge in [-0.2, -0.15) is 0 Å². The molecule has 3 nitrogen and oxygen atoms in total. The van der Waals surface area contributed by atoms with Crippen molar-refractivity contribution in [1.29, 1.82) is 0 Å². The van der Waals surface area contributed by atoms with E-state index in [1.165, 1.54) is 18.5 Å². The molecule has 1 aliphatic rings. The monoisotopic (exact) mass is 253 g/mol. The molecular weight excluding hydrogens is 230 g/mol. The summed E-state index contributed by atoms with van der Waals surface area (Å²) in [5.74, 6) is 1.62. The van der Waals surface area contributed by atoms with Gasteiger partial charge in [-0.05, 0) is 31.7 Å². The van der Waals surface area contributed by atoms with Crippen molar-refractivity contribution in [1.82, 2.24) is 9.88 Å². The molecule has 1 aromatic heterocycles. The number of nitrogens with zero attached hydrogens (tertiary/aromatic N) is 2. The molecule has 1 aromatic rings. The number of thiazole rings is 1. The molecule has 1 fully saturated rings. The zero-order valence-corrected chi connectivity index (χ0v) is 11.8. The second-order valence-corrected chi connectivity index (χ2v) is 6.40. The average Bonchev–Trinajstić information content (AvgIpc) is 2.69. The summed E-state index contributed by atoms with van der Waals surface area (Å²) in [4.78, 5) is 6.76. The van der Waals surface area contributed by atoms with Gasteiger partial charge in [0.25, 0.3) is 0 Å². The van der Waals surface area contributed by atoms with E-state index in [9.17, 15) is 0 Å². The third-order valence-electron chi connectivity index (χ3n) is 4.30. The predicted molar refractivity (Wildman–Crippen MR) is 72.9 cm³/mol. The molecule has 0 aliphatic heterocycles. The molecule has 0 aromatic carbocycles. The fourth-order valence-corrected chi connectivity index (χ4v) is 3.30. The van der Waals surface area contributed by atoms with E-state index in [0.29, 0.717) is 0 Å². The number of nitrogens with two attached hydrogens (primary N) is 1. The smallest absolute Gasteiger partial charge is 0.0795 e. The lowest BCUT2D eigenvalue weighted by atomic mass is 9.63. The molecule has 2 rings (SSSR count). The first-order valence-corrected chi connectivity index (χ1v) is 7.30. The fourth-order valence-electron chi connectivity index (χ4n) is 2.75. The summed E-state index contributed by atoms with van der Waals surface area (Å²) in [5.41, 5.74) is 9.29. The molecule has 17 heavy (non-hydrogen) atoms. The van der Waals surface area contributed by atoms with E-state index in [4.69, 9.17) is 5.73 Å². The maximum absolute atomic E-state index is 6.00. The van der Waals surface area contributed by atoms with Crippen LogP contribution in [0, 0.1) is 11.8 Å². The summed E-state index contributed by atoms with van der Waals surface area (Å²) < 4.78 is 0. The zero-order valence-electron chi connectivity index (χ0n) is 11.0. The average molecular weight is 253 g/mol. The Hall–Kier alpha value is -0.450. The molecule has 0 atom stereocenters. The normalized spacial score (nSPS) is 28.7. The standard InChI is InChI=1S/C13H23N3S/c1-10(2)11-4-13(5-11,8-14)16(3)6-12-7-17-9-15-12/h7,9-11H,4-6,8,14H2,1-3H3. The number of aromatic nitrogens is 1. The van der Waals surface area contributed by atoms with E-state index in [1.54, 1.807) is 11.3 Å². The van der Waals surface area contributed by atoms with Crippen molar-refractivity contribution >= 4 is 11.3 Å². The highest BCUT2D eigenvalue weighted by molar-refractivity contribution is 7.07. The zero-order chi connectivity index (χ0) is 12.5. The molecule has 1 saturated carbocycles. The Bertz CT molecular complexity index is 342. The molecule has 0 unspecified atom stereocenters. The maximum Gasteiger partial charge on any atom is 0.0795 e. The van der Waals surface area contributed by atoms with Crippen molar-refractivity contribution in [2.24, 2.45) is 17.6 Å². The summed E-state index contributed by atoms with van der Waals surface area (Å²) >= 11 is 1.66. The Labute approximate surface area is 108 Å². The molecule has 2 N–H and O–H groups in total. The van der Waals surface area contributed by atoms with Crippen LogP contribution in [0.4, 0.5) is 0 Å². The molecule has 1 heterocycles. The first-order chi connectivity index (χ1) is 8.07. The van der Waals surface area contributed by atoms with Crippen LogP contribution in [0.1, 0.15) is 32.4 Å². The van der Waals surface area contributed by atoms with Crippen LogP contribution >= 0.6 is 11.3 Å². The van der Waals surface area contributed by atoms with E-state index < -0.39 is 0 Å². The highest BCUT2D eigenvalue weighted by Gasteiger charge is 2.46. The highest BCUT2D eigenvalue weighted by atomic mass is 32.1. The van der Waals surface area contributed by atoms with Gasteiger partial charge in [0, 0.05) is 24.0 Å². The Morgan fingerprint density at radius 2 is 2.29 bits per heavy atom. The number of hydrogen-bond donors (Lipinski definition) is 1. The lowest BCUT2D eigenvalue weighted by Gasteiger charge is -2.54. The van der Waals surface area contributed by atoms with Gasteiger partial charge in [0.05, 0.1) is 11.2 Å². The van der Waals surface area contributed by atoms with Crippen molar-refractivity contribution < 1.29 is 0 Å². The van der Waals surface area contributed by atoms with Gasteiger partial charge in [0.2, 0.25) is 0 Å². The van der Waals surface area contributed by atoms with Crippen molar-refractivity contribution in [2.75, 3.05) is 13.6 Å². The van der Waals surface area contributed by atoms with Gasteiger partial charge in [-0.25, -0.2) is 4.98 Å². The van der Waals surface area contributed by atoms with Crippen molar-refractivity contribution in [3.8, 4) is 0 Å². The molecule has 0 spiro atoms. The van der Waals surface area contributed by atoms with Crippen LogP contribution in [0.15, 0.2) is 10.9 Å². The summed E-state index contributed by atoms with van der Waals surface area (Å²) in [6, 6.07) is 0. The molecule has 0 saturated heterocycles.